The molecular weight excluding hydrogens is 308 g/mol. The maximum Gasteiger partial charge on any atom is 0.0990 e. The van der Waals surface area contributed by atoms with Crippen molar-refractivity contribution in [2.75, 3.05) is 11.1 Å². The second kappa shape index (κ2) is 6.32. The number of anilines is 2. The van der Waals surface area contributed by atoms with Gasteiger partial charge in [0, 0.05) is 25.5 Å². The first-order valence-electron chi connectivity index (χ1n) is 8.28. The number of nitrogen functional groups attached to an aromatic ring is 1. The van der Waals surface area contributed by atoms with Crippen LogP contribution in [0.4, 0.5) is 11.4 Å². The summed E-state index contributed by atoms with van der Waals surface area (Å²) in [6.45, 7) is 5.94. The maximum absolute atomic E-state index is 6.16. The van der Waals surface area contributed by atoms with E-state index in [-0.39, 0.29) is 0 Å². The van der Waals surface area contributed by atoms with Crippen LogP contribution >= 0.6 is 0 Å². The molecule has 0 atom stereocenters. The number of fused-ring (bicyclic) bond motifs is 1. The lowest BCUT2D eigenvalue weighted by molar-refractivity contribution is 0.369. The number of nitrogens with one attached hydrogen (secondary N) is 1. The minimum atomic E-state index is 0.704. The third-order valence-corrected chi connectivity index (χ3v) is 4.57. The van der Waals surface area contributed by atoms with Crippen molar-refractivity contribution in [3.63, 3.8) is 0 Å². The number of hydrogen-bond donors (Lipinski definition) is 2. The van der Waals surface area contributed by atoms with E-state index in [4.69, 9.17) is 5.73 Å². The zero-order chi connectivity index (χ0) is 17.2. The molecule has 0 spiro atoms. The van der Waals surface area contributed by atoms with Crippen LogP contribution in [-0.4, -0.2) is 9.88 Å². The standard InChI is InChI=1S/C21H20N4/c1-15(25-13-18-4-2-3-5-19(18)14-25)24-21-12-17(6-7-20(21)22)16-8-10-23-11-9-16/h2-12,24H,1,13-14,22H2. The highest BCUT2D eigenvalue weighted by Crippen LogP contribution is 2.30. The number of aromatic nitrogens is 1. The first-order chi connectivity index (χ1) is 12.2. The van der Waals surface area contributed by atoms with Crippen molar-refractivity contribution < 1.29 is 0 Å². The van der Waals surface area contributed by atoms with Gasteiger partial charge in [-0.2, -0.15) is 0 Å². The molecule has 1 aromatic heterocycles. The van der Waals surface area contributed by atoms with Crippen molar-refractivity contribution in [2.24, 2.45) is 0 Å². The Hall–Kier alpha value is -3.27. The molecule has 0 saturated heterocycles. The molecule has 2 heterocycles. The Bertz CT molecular complexity index is 893. The number of pyridine rings is 1. The molecule has 0 aliphatic carbocycles. The fourth-order valence-corrected chi connectivity index (χ4v) is 3.15. The molecule has 25 heavy (non-hydrogen) atoms. The summed E-state index contributed by atoms with van der Waals surface area (Å²) in [6.07, 6.45) is 3.58. The van der Waals surface area contributed by atoms with E-state index in [2.05, 4.69) is 52.1 Å². The summed E-state index contributed by atoms with van der Waals surface area (Å²) in [4.78, 5) is 6.30. The average molecular weight is 328 g/mol. The summed E-state index contributed by atoms with van der Waals surface area (Å²) in [7, 11) is 0. The van der Waals surface area contributed by atoms with Gasteiger partial charge in [-0.05, 0) is 46.5 Å². The Labute approximate surface area is 147 Å². The molecule has 0 saturated carbocycles. The fraction of sp³-hybridized carbons (Fsp3) is 0.0952. The van der Waals surface area contributed by atoms with E-state index in [0.29, 0.717) is 5.69 Å². The molecular formula is C21H20N4. The Morgan fingerprint density at radius 1 is 0.960 bits per heavy atom. The lowest BCUT2D eigenvalue weighted by Crippen LogP contribution is -2.21. The predicted octanol–water partition coefficient (Wildman–Crippen LogP) is 4.23. The molecule has 1 aliphatic rings. The van der Waals surface area contributed by atoms with Crippen LogP contribution in [0.25, 0.3) is 11.1 Å². The van der Waals surface area contributed by atoms with Crippen molar-refractivity contribution in [2.45, 2.75) is 13.1 Å². The van der Waals surface area contributed by atoms with Crippen LogP contribution in [0.5, 0.6) is 0 Å². The summed E-state index contributed by atoms with van der Waals surface area (Å²) in [5.74, 6) is 0.856. The third-order valence-electron chi connectivity index (χ3n) is 4.57. The largest absolute Gasteiger partial charge is 0.397 e. The molecule has 0 unspecified atom stereocenters. The highest BCUT2D eigenvalue weighted by Gasteiger charge is 2.19. The highest BCUT2D eigenvalue weighted by molar-refractivity contribution is 5.77. The van der Waals surface area contributed by atoms with Crippen molar-refractivity contribution >= 4 is 11.4 Å². The average Bonchev–Trinajstić information content (AvgIpc) is 3.08. The van der Waals surface area contributed by atoms with E-state index in [0.717, 1.165) is 35.7 Å². The van der Waals surface area contributed by atoms with Crippen LogP contribution in [-0.2, 0) is 13.1 Å². The van der Waals surface area contributed by atoms with Gasteiger partial charge in [0.1, 0.15) is 0 Å². The zero-order valence-electron chi connectivity index (χ0n) is 13.9. The summed E-state index contributed by atoms with van der Waals surface area (Å²) in [5, 5.41) is 3.39. The molecule has 2 aromatic carbocycles. The van der Waals surface area contributed by atoms with Crippen molar-refractivity contribution in [1.82, 2.24) is 9.88 Å². The van der Waals surface area contributed by atoms with Crippen molar-refractivity contribution in [3.8, 4) is 11.1 Å². The molecule has 0 radical (unpaired) electrons. The quantitative estimate of drug-likeness (QED) is 0.704. The Morgan fingerprint density at radius 3 is 2.32 bits per heavy atom. The van der Waals surface area contributed by atoms with Gasteiger partial charge in [-0.25, -0.2) is 0 Å². The van der Waals surface area contributed by atoms with Gasteiger partial charge in [0.05, 0.1) is 17.2 Å². The monoisotopic (exact) mass is 328 g/mol. The molecule has 3 aromatic rings. The minimum Gasteiger partial charge on any atom is -0.397 e. The van der Waals surface area contributed by atoms with Gasteiger partial charge >= 0.3 is 0 Å². The fourth-order valence-electron chi connectivity index (χ4n) is 3.15. The normalized spacial score (nSPS) is 12.7. The van der Waals surface area contributed by atoms with Crippen LogP contribution < -0.4 is 11.1 Å². The Kier molecular flexibility index (Phi) is 3.86. The van der Waals surface area contributed by atoms with Crippen LogP contribution in [0.1, 0.15) is 11.1 Å². The molecule has 4 nitrogen and oxygen atoms in total. The smallest absolute Gasteiger partial charge is 0.0990 e. The zero-order valence-corrected chi connectivity index (χ0v) is 13.9. The van der Waals surface area contributed by atoms with Crippen molar-refractivity contribution in [3.05, 3.63) is 90.5 Å². The van der Waals surface area contributed by atoms with Gasteiger partial charge in [0.25, 0.3) is 0 Å². The van der Waals surface area contributed by atoms with Gasteiger partial charge in [-0.15, -0.1) is 0 Å². The second-order valence-corrected chi connectivity index (χ2v) is 6.23. The Morgan fingerprint density at radius 2 is 1.64 bits per heavy atom. The molecule has 4 heteroatoms. The van der Waals surface area contributed by atoms with E-state index >= 15 is 0 Å². The summed E-state index contributed by atoms with van der Waals surface area (Å²) in [5.41, 5.74) is 12.6. The third kappa shape index (κ3) is 3.06. The van der Waals surface area contributed by atoms with Gasteiger partial charge < -0.3 is 16.0 Å². The summed E-state index contributed by atoms with van der Waals surface area (Å²) >= 11 is 0. The Balaban J connectivity index is 1.54. The van der Waals surface area contributed by atoms with E-state index in [1.807, 2.05) is 24.3 Å². The lowest BCUT2D eigenvalue weighted by Gasteiger charge is -2.23. The summed E-state index contributed by atoms with van der Waals surface area (Å²) in [6, 6.07) is 18.5. The molecule has 3 N–H and O–H groups in total. The van der Waals surface area contributed by atoms with Gasteiger partial charge in [-0.1, -0.05) is 36.9 Å². The topological polar surface area (TPSA) is 54.2 Å². The number of hydrogen-bond acceptors (Lipinski definition) is 4. The molecule has 0 amide bonds. The van der Waals surface area contributed by atoms with Gasteiger partial charge in [0.2, 0.25) is 0 Å². The number of rotatable bonds is 4. The van der Waals surface area contributed by atoms with E-state index in [1.54, 1.807) is 12.4 Å². The number of benzene rings is 2. The van der Waals surface area contributed by atoms with Crippen LogP contribution in [0, 0.1) is 0 Å². The molecule has 1 aliphatic heterocycles. The first-order valence-corrected chi connectivity index (χ1v) is 8.28. The highest BCUT2D eigenvalue weighted by atomic mass is 15.3. The second-order valence-electron chi connectivity index (χ2n) is 6.23. The molecule has 0 bridgehead atoms. The molecule has 124 valence electrons. The molecule has 0 fully saturated rings. The van der Waals surface area contributed by atoms with Gasteiger partial charge in [0.15, 0.2) is 0 Å². The summed E-state index contributed by atoms with van der Waals surface area (Å²) < 4.78 is 0. The van der Waals surface area contributed by atoms with E-state index in [1.165, 1.54) is 11.1 Å². The van der Waals surface area contributed by atoms with Crippen LogP contribution in [0.15, 0.2) is 79.4 Å². The maximum atomic E-state index is 6.16. The first kappa shape index (κ1) is 15.3. The van der Waals surface area contributed by atoms with Crippen molar-refractivity contribution in [1.29, 1.82) is 0 Å². The lowest BCUT2D eigenvalue weighted by atomic mass is 10.1. The van der Waals surface area contributed by atoms with E-state index < -0.39 is 0 Å². The van der Waals surface area contributed by atoms with Crippen LogP contribution in [0.2, 0.25) is 0 Å². The number of nitrogens with zero attached hydrogens (tertiary/aromatic N) is 2. The van der Waals surface area contributed by atoms with E-state index in [9.17, 15) is 0 Å². The molecule has 4 rings (SSSR count). The predicted molar refractivity (Wildman–Crippen MR) is 103 cm³/mol. The minimum absolute atomic E-state index is 0.704. The van der Waals surface area contributed by atoms with Crippen LogP contribution in [0.3, 0.4) is 0 Å². The number of nitrogens with two attached hydrogens (primary N) is 1. The van der Waals surface area contributed by atoms with Gasteiger partial charge in [-0.3, -0.25) is 4.98 Å². The SMILES string of the molecule is C=C(Nc1cc(-c2ccncc2)ccc1N)N1Cc2ccccc2C1.